The van der Waals surface area contributed by atoms with Gasteiger partial charge in [-0.2, -0.15) is 0 Å². The van der Waals surface area contributed by atoms with Crippen LogP contribution in [-0.4, -0.2) is 22.7 Å². The number of amides is 1. The molecule has 0 saturated heterocycles. The van der Waals surface area contributed by atoms with Crippen molar-refractivity contribution in [1.29, 1.82) is 0 Å². The highest BCUT2D eigenvalue weighted by molar-refractivity contribution is 5.91. The van der Waals surface area contributed by atoms with E-state index in [4.69, 9.17) is 5.11 Å². The summed E-state index contributed by atoms with van der Waals surface area (Å²) in [7, 11) is 0. The van der Waals surface area contributed by atoms with E-state index in [-0.39, 0.29) is 12.6 Å². The van der Waals surface area contributed by atoms with Crippen molar-refractivity contribution < 1.29 is 9.90 Å². The second kappa shape index (κ2) is 3.68. The number of hydrogen-bond acceptors (Lipinski definition) is 3. The molecule has 0 fully saturated rings. The summed E-state index contributed by atoms with van der Waals surface area (Å²) >= 11 is 0. The highest BCUT2D eigenvalue weighted by atomic mass is 16.3. The minimum absolute atomic E-state index is 0.307. The van der Waals surface area contributed by atoms with Gasteiger partial charge in [0.25, 0.3) is 5.91 Å². The van der Waals surface area contributed by atoms with Crippen molar-refractivity contribution >= 4 is 5.91 Å². The number of pyridine rings is 1. The molecular weight excluding hydrogens is 144 g/mol. The van der Waals surface area contributed by atoms with Crippen LogP contribution in [-0.2, 0) is 0 Å². The molecule has 0 aliphatic carbocycles. The summed E-state index contributed by atoms with van der Waals surface area (Å²) in [5, 5.41) is 10.6. The van der Waals surface area contributed by atoms with Crippen LogP contribution in [0.25, 0.3) is 0 Å². The Hall–Kier alpha value is -1.42. The van der Waals surface area contributed by atoms with Crippen LogP contribution in [0.5, 0.6) is 0 Å². The van der Waals surface area contributed by atoms with Gasteiger partial charge in [-0.1, -0.05) is 6.07 Å². The second-order valence-corrected chi connectivity index (χ2v) is 1.88. The lowest BCUT2D eigenvalue weighted by molar-refractivity contribution is 0.0905. The number of aliphatic hydroxyl groups excluding tert-OH is 1. The summed E-state index contributed by atoms with van der Waals surface area (Å²) in [6.45, 7) is -0.366. The van der Waals surface area contributed by atoms with E-state index in [0.29, 0.717) is 5.69 Å². The zero-order valence-electron chi connectivity index (χ0n) is 5.82. The zero-order valence-corrected chi connectivity index (χ0v) is 5.82. The highest BCUT2D eigenvalue weighted by Gasteiger charge is 2.02. The fourth-order valence-electron chi connectivity index (χ4n) is 0.659. The van der Waals surface area contributed by atoms with E-state index in [2.05, 4.69) is 10.3 Å². The largest absolute Gasteiger partial charge is 0.376 e. The summed E-state index contributed by atoms with van der Waals surface area (Å²) < 4.78 is 0. The van der Waals surface area contributed by atoms with E-state index in [1.54, 1.807) is 18.2 Å². The zero-order chi connectivity index (χ0) is 8.10. The molecule has 0 saturated carbocycles. The fraction of sp³-hybridized carbons (Fsp3) is 0.143. The molecule has 11 heavy (non-hydrogen) atoms. The van der Waals surface area contributed by atoms with E-state index in [0.717, 1.165) is 0 Å². The summed E-state index contributed by atoms with van der Waals surface area (Å²) in [5.41, 5.74) is 0.307. The number of nitrogens with zero attached hydrogens (tertiary/aromatic N) is 1. The number of rotatable bonds is 2. The number of carbonyl (C=O) groups is 1. The van der Waals surface area contributed by atoms with Crippen molar-refractivity contribution in [3.63, 3.8) is 0 Å². The molecule has 1 aromatic rings. The van der Waals surface area contributed by atoms with Crippen molar-refractivity contribution in [2.24, 2.45) is 0 Å². The predicted molar refractivity (Wildman–Crippen MR) is 38.8 cm³/mol. The Morgan fingerprint density at radius 1 is 1.64 bits per heavy atom. The number of aliphatic hydroxyl groups is 1. The Morgan fingerprint density at radius 3 is 3.00 bits per heavy atom. The summed E-state index contributed by atoms with van der Waals surface area (Å²) in [6, 6.07) is 5.00. The molecule has 0 unspecified atom stereocenters. The minimum Gasteiger partial charge on any atom is -0.376 e. The average molecular weight is 152 g/mol. The molecule has 58 valence electrons. The minimum atomic E-state index is -0.367. The van der Waals surface area contributed by atoms with Crippen LogP contribution in [0, 0.1) is 0 Å². The maximum atomic E-state index is 10.9. The lowest BCUT2D eigenvalue weighted by atomic mass is 10.3. The van der Waals surface area contributed by atoms with E-state index in [1.807, 2.05) is 0 Å². The Balaban J connectivity index is 2.69. The monoisotopic (exact) mass is 152 g/mol. The van der Waals surface area contributed by atoms with Gasteiger partial charge in [0.05, 0.1) is 0 Å². The van der Waals surface area contributed by atoms with E-state index < -0.39 is 0 Å². The third-order valence-corrected chi connectivity index (χ3v) is 1.14. The molecule has 0 bridgehead atoms. The molecule has 4 nitrogen and oxygen atoms in total. The molecule has 0 radical (unpaired) electrons. The fourth-order valence-corrected chi connectivity index (χ4v) is 0.659. The van der Waals surface area contributed by atoms with E-state index >= 15 is 0 Å². The van der Waals surface area contributed by atoms with Crippen LogP contribution in [0.2, 0.25) is 0 Å². The Kier molecular flexibility index (Phi) is 2.57. The number of nitrogens with one attached hydrogen (secondary N) is 1. The summed E-state index contributed by atoms with van der Waals surface area (Å²) in [6.07, 6.45) is 1.52. The molecule has 0 atom stereocenters. The van der Waals surface area contributed by atoms with Gasteiger partial charge >= 0.3 is 0 Å². The Labute approximate surface area is 63.9 Å². The molecule has 4 heteroatoms. The quantitative estimate of drug-likeness (QED) is 0.575. The van der Waals surface area contributed by atoms with Crippen LogP contribution in [0.3, 0.4) is 0 Å². The molecule has 1 amide bonds. The molecule has 0 aliphatic heterocycles. The molecule has 0 aromatic carbocycles. The molecular formula is C7H8N2O2. The van der Waals surface area contributed by atoms with Crippen molar-refractivity contribution in [1.82, 2.24) is 10.3 Å². The Morgan fingerprint density at radius 2 is 2.45 bits per heavy atom. The molecule has 1 heterocycles. The van der Waals surface area contributed by atoms with Crippen molar-refractivity contribution in [2.75, 3.05) is 6.73 Å². The van der Waals surface area contributed by atoms with Crippen LogP contribution < -0.4 is 5.32 Å². The van der Waals surface area contributed by atoms with Crippen molar-refractivity contribution in [2.45, 2.75) is 0 Å². The Bertz CT molecular complexity index is 235. The first-order valence-electron chi connectivity index (χ1n) is 3.14. The van der Waals surface area contributed by atoms with Gasteiger partial charge in [0.2, 0.25) is 0 Å². The lowest BCUT2D eigenvalue weighted by Crippen LogP contribution is -2.24. The number of aromatic nitrogens is 1. The third kappa shape index (κ3) is 2.01. The van der Waals surface area contributed by atoms with Gasteiger partial charge < -0.3 is 10.4 Å². The van der Waals surface area contributed by atoms with Crippen LogP contribution in [0.4, 0.5) is 0 Å². The van der Waals surface area contributed by atoms with Crippen LogP contribution >= 0.6 is 0 Å². The smallest absolute Gasteiger partial charge is 0.271 e. The van der Waals surface area contributed by atoms with Crippen LogP contribution in [0.15, 0.2) is 24.4 Å². The lowest BCUT2D eigenvalue weighted by Gasteiger charge is -1.98. The van der Waals surface area contributed by atoms with Gasteiger partial charge in [-0.05, 0) is 12.1 Å². The van der Waals surface area contributed by atoms with Gasteiger partial charge in [0, 0.05) is 6.20 Å². The highest BCUT2D eigenvalue weighted by Crippen LogP contribution is 1.91. The second-order valence-electron chi connectivity index (χ2n) is 1.88. The topological polar surface area (TPSA) is 62.2 Å². The molecule has 2 N–H and O–H groups in total. The first kappa shape index (κ1) is 7.68. The van der Waals surface area contributed by atoms with Crippen LogP contribution in [0.1, 0.15) is 10.5 Å². The van der Waals surface area contributed by atoms with Gasteiger partial charge in [0.1, 0.15) is 12.4 Å². The van der Waals surface area contributed by atoms with Gasteiger partial charge in [-0.3, -0.25) is 9.78 Å². The third-order valence-electron chi connectivity index (χ3n) is 1.14. The molecule has 0 aliphatic rings. The van der Waals surface area contributed by atoms with Gasteiger partial charge in [0.15, 0.2) is 0 Å². The summed E-state index contributed by atoms with van der Waals surface area (Å²) in [4.78, 5) is 14.7. The van der Waals surface area contributed by atoms with E-state index in [1.165, 1.54) is 6.20 Å². The maximum absolute atomic E-state index is 10.9. The molecule has 0 spiro atoms. The standard InChI is InChI=1S/C7H8N2O2/c10-5-9-7(11)6-3-1-2-4-8-6/h1-4,10H,5H2,(H,9,11). The first-order valence-corrected chi connectivity index (χ1v) is 3.14. The summed E-state index contributed by atoms with van der Waals surface area (Å²) in [5.74, 6) is -0.367. The molecule has 1 aromatic heterocycles. The number of hydrogen-bond donors (Lipinski definition) is 2. The van der Waals surface area contributed by atoms with Gasteiger partial charge in [-0.25, -0.2) is 0 Å². The molecule has 1 rings (SSSR count). The average Bonchev–Trinajstić information content (AvgIpc) is 2.07. The van der Waals surface area contributed by atoms with Crippen molar-refractivity contribution in [3.05, 3.63) is 30.1 Å². The van der Waals surface area contributed by atoms with Crippen molar-refractivity contribution in [3.8, 4) is 0 Å². The normalized spacial score (nSPS) is 9.18. The van der Waals surface area contributed by atoms with E-state index in [9.17, 15) is 4.79 Å². The predicted octanol–water partition coefficient (Wildman–Crippen LogP) is -0.239. The van der Waals surface area contributed by atoms with Gasteiger partial charge in [-0.15, -0.1) is 0 Å². The number of carbonyl (C=O) groups excluding carboxylic acids is 1. The SMILES string of the molecule is O=C(NCO)c1ccccn1. The first-order chi connectivity index (χ1) is 5.34. The maximum Gasteiger partial charge on any atom is 0.271 e.